The molecule has 2 heterocycles. The van der Waals surface area contributed by atoms with E-state index in [4.69, 9.17) is 16.3 Å². The predicted molar refractivity (Wildman–Crippen MR) is 166 cm³/mol. The van der Waals surface area contributed by atoms with E-state index in [1.165, 1.54) is 24.3 Å². The van der Waals surface area contributed by atoms with Gasteiger partial charge in [-0.3, -0.25) is 19.3 Å². The molecule has 220 valence electrons. The number of ether oxygens (including phenoxy) is 1. The third-order valence-electron chi connectivity index (χ3n) is 6.92. The van der Waals surface area contributed by atoms with Crippen LogP contribution < -0.4 is 5.32 Å². The van der Waals surface area contributed by atoms with E-state index in [1.54, 1.807) is 24.3 Å². The van der Waals surface area contributed by atoms with E-state index < -0.39 is 29.6 Å². The first-order valence-electron chi connectivity index (χ1n) is 13.5. The molecule has 3 amide bonds. The normalized spacial score (nSPS) is 14.1. The van der Waals surface area contributed by atoms with Gasteiger partial charge in [-0.15, -0.1) is 0 Å². The van der Waals surface area contributed by atoms with Gasteiger partial charge in [0.05, 0.1) is 28.6 Å². The predicted octanol–water partition coefficient (Wildman–Crippen LogP) is 7.03. The first-order chi connectivity index (χ1) is 20.7. The minimum absolute atomic E-state index is 0.0894. The summed E-state index contributed by atoms with van der Waals surface area (Å²) in [6, 6.07) is 18.5. The van der Waals surface area contributed by atoms with Crippen molar-refractivity contribution in [2.75, 3.05) is 18.5 Å². The van der Waals surface area contributed by atoms with Gasteiger partial charge in [0, 0.05) is 33.4 Å². The summed E-state index contributed by atoms with van der Waals surface area (Å²) in [6.07, 6.45) is 2.28. The molecule has 0 radical (unpaired) electrons. The molecule has 0 bridgehead atoms. The first kappa shape index (κ1) is 30.1. The standard InChI is InChI=1S/C32H27ClFN3O5S/c1-3-14-42-31(40)24-15-21(12-13-25(24)33)35-29(38)18-37-30(39)28(43-32(37)41)16-23-19(2)36(27-11-7-5-9-22(23)27)17-20-8-4-6-10-26(20)34/h4-13,15-16H,3,14,17-18H2,1-2H3,(H,35,38)/b28-16-. The van der Waals surface area contributed by atoms with Crippen molar-refractivity contribution in [3.8, 4) is 0 Å². The Kier molecular flexibility index (Phi) is 8.98. The Bertz CT molecular complexity index is 1800. The highest BCUT2D eigenvalue weighted by Crippen LogP contribution is 2.36. The van der Waals surface area contributed by atoms with E-state index in [-0.39, 0.29) is 40.1 Å². The van der Waals surface area contributed by atoms with Gasteiger partial charge in [0.1, 0.15) is 12.4 Å². The van der Waals surface area contributed by atoms with Crippen LogP contribution in [-0.2, 0) is 20.9 Å². The average molecular weight is 620 g/mol. The summed E-state index contributed by atoms with van der Waals surface area (Å²) in [6.45, 7) is 3.73. The quantitative estimate of drug-likeness (QED) is 0.160. The Morgan fingerprint density at radius 2 is 1.81 bits per heavy atom. The lowest BCUT2D eigenvalue weighted by atomic mass is 10.1. The third kappa shape index (κ3) is 6.35. The minimum atomic E-state index is -0.628. The zero-order chi connectivity index (χ0) is 30.7. The van der Waals surface area contributed by atoms with Crippen LogP contribution >= 0.6 is 23.4 Å². The molecular weight excluding hydrogens is 593 g/mol. The second-order valence-corrected chi connectivity index (χ2v) is 11.2. The zero-order valence-electron chi connectivity index (χ0n) is 23.4. The third-order valence-corrected chi connectivity index (χ3v) is 8.16. The maximum Gasteiger partial charge on any atom is 0.339 e. The summed E-state index contributed by atoms with van der Waals surface area (Å²) < 4.78 is 21.6. The van der Waals surface area contributed by atoms with E-state index in [1.807, 2.05) is 42.7 Å². The number of anilines is 1. The number of carbonyl (C=O) groups excluding carboxylic acids is 4. The summed E-state index contributed by atoms with van der Waals surface area (Å²) in [7, 11) is 0. The molecular formula is C32H27ClFN3O5S. The Labute approximate surface area is 256 Å². The fraction of sp³-hybridized carbons (Fsp3) is 0.188. The Morgan fingerprint density at radius 3 is 2.58 bits per heavy atom. The summed E-state index contributed by atoms with van der Waals surface area (Å²) in [5.74, 6) is -2.16. The van der Waals surface area contributed by atoms with Crippen LogP contribution in [0.5, 0.6) is 0 Å². The van der Waals surface area contributed by atoms with E-state index in [2.05, 4.69) is 5.32 Å². The number of carbonyl (C=O) groups is 4. The molecule has 0 atom stereocenters. The first-order valence-corrected chi connectivity index (χ1v) is 14.7. The number of halogens is 2. The number of hydrogen-bond acceptors (Lipinski definition) is 6. The Balaban J connectivity index is 1.35. The number of para-hydroxylation sites is 1. The lowest BCUT2D eigenvalue weighted by Gasteiger charge is -2.13. The van der Waals surface area contributed by atoms with Crippen LogP contribution in [-0.4, -0.2) is 45.6 Å². The van der Waals surface area contributed by atoms with Crippen molar-refractivity contribution in [1.29, 1.82) is 0 Å². The molecule has 4 aromatic rings. The molecule has 3 aromatic carbocycles. The number of amides is 3. The molecule has 1 saturated heterocycles. The van der Waals surface area contributed by atoms with Gasteiger partial charge in [0.15, 0.2) is 0 Å². The summed E-state index contributed by atoms with van der Waals surface area (Å²) >= 11 is 6.87. The summed E-state index contributed by atoms with van der Waals surface area (Å²) in [5, 5.41) is 3.03. The van der Waals surface area contributed by atoms with Crippen LogP contribution in [0.3, 0.4) is 0 Å². The maximum absolute atomic E-state index is 14.5. The number of nitrogens with one attached hydrogen (secondary N) is 1. The lowest BCUT2D eigenvalue weighted by molar-refractivity contribution is -0.127. The highest BCUT2D eigenvalue weighted by Gasteiger charge is 2.36. The number of aromatic nitrogens is 1. The van der Waals surface area contributed by atoms with Gasteiger partial charge >= 0.3 is 5.97 Å². The van der Waals surface area contributed by atoms with Crippen LogP contribution in [0.1, 0.15) is 40.5 Å². The number of thioether (sulfide) groups is 1. The zero-order valence-corrected chi connectivity index (χ0v) is 24.9. The number of nitrogens with zero attached hydrogens (tertiary/aromatic N) is 2. The van der Waals surface area contributed by atoms with Gasteiger partial charge in [-0.1, -0.05) is 54.9 Å². The SMILES string of the molecule is CCCOC(=O)c1cc(NC(=O)CN2C(=O)S/C(=C\c3c(C)n(Cc4ccccc4F)c4ccccc34)C2=O)ccc1Cl. The molecule has 0 aliphatic carbocycles. The molecule has 0 unspecified atom stereocenters. The van der Waals surface area contributed by atoms with Gasteiger partial charge in [-0.25, -0.2) is 9.18 Å². The van der Waals surface area contributed by atoms with Crippen molar-refractivity contribution < 1.29 is 28.3 Å². The molecule has 0 spiro atoms. The highest BCUT2D eigenvalue weighted by molar-refractivity contribution is 8.18. The fourth-order valence-electron chi connectivity index (χ4n) is 4.78. The highest BCUT2D eigenvalue weighted by atomic mass is 35.5. The van der Waals surface area contributed by atoms with Gasteiger partial charge < -0.3 is 14.6 Å². The van der Waals surface area contributed by atoms with Crippen LogP contribution in [0.2, 0.25) is 5.02 Å². The number of fused-ring (bicyclic) bond motifs is 1. The van der Waals surface area contributed by atoms with Crippen LogP contribution in [0.15, 0.2) is 71.6 Å². The van der Waals surface area contributed by atoms with E-state index in [0.717, 1.165) is 38.8 Å². The van der Waals surface area contributed by atoms with Crippen molar-refractivity contribution >= 4 is 69.1 Å². The van der Waals surface area contributed by atoms with Gasteiger partial charge in [-0.05, 0) is 61.5 Å². The molecule has 11 heteroatoms. The smallest absolute Gasteiger partial charge is 0.339 e. The van der Waals surface area contributed by atoms with Gasteiger partial charge in [-0.2, -0.15) is 0 Å². The topological polar surface area (TPSA) is 97.7 Å². The number of benzene rings is 3. The number of esters is 1. The number of hydrogen-bond donors (Lipinski definition) is 1. The van der Waals surface area contributed by atoms with Crippen molar-refractivity contribution in [3.63, 3.8) is 0 Å². The molecule has 0 saturated carbocycles. The molecule has 1 aromatic heterocycles. The van der Waals surface area contributed by atoms with Crippen LogP contribution in [0, 0.1) is 12.7 Å². The van der Waals surface area contributed by atoms with E-state index >= 15 is 0 Å². The maximum atomic E-state index is 14.5. The monoisotopic (exact) mass is 619 g/mol. The Morgan fingerprint density at radius 1 is 1.07 bits per heavy atom. The number of imide groups is 1. The van der Waals surface area contributed by atoms with Gasteiger partial charge in [0.2, 0.25) is 5.91 Å². The molecule has 1 aliphatic rings. The van der Waals surface area contributed by atoms with Crippen LogP contribution in [0.4, 0.5) is 14.9 Å². The van der Waals surface area contributed by atoms with Crippen LogP contribution in [0.25, 0.3) is 17.0 Å². The lowest BCUT2D eigenvalue weighted by Crippen LogP contribution is -2.36. The fourth-order valence-corrected chi connectivity index (χ4v) is 5.80. The Hall–Kier alpha value is -4.41. The second-order valence-electron chi connectivity index (χ2n) is 9.84. The molecule has 1 fully saturated rings. The molecule has 1 N–H and O–H groups in total. The molecule has 1 aliphatic heterocycles. The average Bonchev–Trinajstić information content (AvgIpc) is 3.41. The minimum Gasteiger partial charge on any atom is -0.462 e. The van der Waals surface area contributed by atoms with Crippen molar-refractivity contribution in [2.24, 2.45) is 0 Å². The largest absolute Gasteiger partial charge is 0.462 e. The number of rotatable bonds is 9. The van der Waals surface area contributed by atoms with Crippen molar-refractivity contribution in [2.45, 2.75) is 26.8 Å². The van der Waals surface area contributed by atoms with Crippen molar-refractivity contribution in [3.05, 3.63) is 105 Å². The second kappa shape index (κ2) is 12.8. The van der Waals surface area contributed by atoms with E-state index in [0.29, 0.717) is 12.0 Å². The summed E-state index contributed by atoms with van der Waals surface area (Å²) in [4.78, 5) is 52.2. The molecule has 43 heavy (non-hydrogen) atoms. The van der Waals surface area contributed by atoms with Gasteiger partial charge in [0.25, 0.3) is 11.1 Å². The molecule has 8 nitrogen and oxygen atoms in total. The van der Waals surface area contributed by atoms with Crippen molar-refractivity contribution in [1.82, 2.24) is 9.47 Å². The molecule has 5 rings (SSSR count). The van der Waals surface area contributed by atoms with E-state index in [9.17, 15) is 23.6 Å². The summed E-state index contributed by atoms with van der Waals surface area (Å²) in [5.41, 5.74) is 3.25.